The minimum absolute atomic E-state index is 0.141. The first-order valence-corrected chi connectivity index (χ1v) is 9.60. The SMILES string of the molecule is CC1=C(C(=O)Nc2ccc3[nH]ncc3c2)C(c2ccc3cc(O)ccc3n2)NC(=O)N1. The number of fused-ring (bicyclic) bond motifs is 2. The monoisotopic (exact) mass is 414 g/mol. The van der Waals surface area contributed by atoms with Crippen LogP contribution in [-0.4, -0.2) is 32.2 Å². The van der Waals surface area contributed by atoms with Gasteiger partial charge in [0.05, 0.1) is 28.5 Å². The number of aromatic nitrogens is 3. The Morgan fingerprint density at radius 3 is 2.84 bits per heavy atom. The van der Waals surface area contributed by atoms with E-state index in [1.807, 2.05) is 12.1 Å². The van der Waals surface area contributed by atoms with Gasteiger partial charge in [0, 0.05) is 22.2 Å². The Bertz CT molecular complexity index is 1390. The summed E-state index contributed by atoms with van der Waals surface area (Å²) < 4.78 is 0. The molecule has 0 fully saturated rings. The summed E-state index contributed by atoms with van der Waals surface area (Å²) in [5, 5.41) is 26.5. The van der Waals surface area contributed by atoms with Crippen LogP contribution in [0, 0.1) is 0 Å². The molecule has 5 N–H and O–H groups in total. The molecule has 1 unspecified atom stereocenters. The number of anilines is 1. The predicted molar refractivity (Wildman–Crippen MR) is 115 cm³/mol. The number of allylic oxidation sites excluding steroid dienone is 1. The van der Waals surface area contributed by atoms with Crippen molar-refractivity contribution in [3.05, 3.63) is 71.7 Å². The van der Waals surface area contributed by atoms with Gasteiger partial charge in [-0.1, -0.05) is 6.07 Å². The number of rotatable bonds is 3. The Balaban J connectivity index is 1.51. The molecule has 0 bridgehead atoms. The van der Waals surface area contributed by atoms with Crippen LogP contribution in [0.25, 0.3) is 21.8 Å². The van der Waals surface area contributed by atoms with Crippen LogP contribution >= 0.6 is 0 Å². The minimum Gasteiger partial charge on any atom is -0.508 e. The Morgan fingerprint density at radius 2 is 1.97 bits per heavy atom. The number of phenols is 1. The zero-order valence-electron chi connectivity index (χ0n) is 16.4. The molecule has 2 aromatic carbocycles. The third kappa shape index (κ3) is 3.42. The molecule has 9 nitrogen and oxygen atoms in total. The van der Waals surface area contributed by atoms with E-state index in [4.69, 9.17) is 0 Å². The summed E-state index contributed by atoms with van der Waals surface area (Å²) in [7, 11) is 0. The number of aromatic amines is 1. The number of carbonyl (C=O) groups excluding carboxylic acids is 2. The zero-order valence-corrected chi connectivity index (χ0v) is 16.4. The van der Waals surface area contributed by atoms with Crippen molar-refractivity contribution < 1.29 is 14.7 Å². The maximum Gasteiger partial charge on any atom is 0.319 e. The van der Waals surface area contributed by atoms with E-state index in [1.165, 1.54) is 0 Å². The quantitative estimate of drug-likeness (QED) is 0.351. The number of hydrogen-bond acceptors (Lipinski definition) is 5. The molecular weight excluding hydrogens is 396 g/mol. The molecule has 9 heteroatoms. The molecule has 0 spiro atoms. The summed E-state index contributed by atoms with van der Waals surface area (Å²) >= 11 is 0. The van der Waals surface area contributed by atoms with Crippen molar-refractivity contribution in [2.45, 2.75) is 13.0 Å². The number of H-pyrrole nitrogens is 1. The number of benzene rings is 2. The molecule has 0 radical (unpaired) electrons. The summed E-state index contributed by atoms with van der Waals surface area (Å²) in [5.74, 6) is -0.215. The molecule has 1 atom stereocenters. The van der Waals surface area contributed by atoms with Gasteiger partial charge in [0.25, 0.3) is 5.91 Å². The van der Waals surface area contributed by atoms with Crippen molar-refractivity contribution >= 4 is 39.4 Å². The van der Waals surface area contributed by atoms with Crippen LogP contribution in [0.1, 0.15) is 18.7 Å². The molecule has 3 heterocycles. The van der Waals surface area contributed by atoms with E-state index in [-0.39, 0.29) is 11.7 Å². The molecule has 4 aromatic rings. The number of aromatic hydroxyl groups is 1. The van der Waals surface area contributed by atoms with Gasteiger partial charge in [0.1, 0.15) is 11.8 Å². The Morgan fingerprint density at radius 1 is 1.10 bits per heavy atom. The van der Waals surface area contributed by atoms with E-state index in [0.717, 1.165) is 16.3 Å². The minimum atomic E-state index is -0.732. The molecule has 3 amide bonds. The summed E-state index contributed by atoms with van der Waals surface area (Å²) in [6.45, 7) is 1.68. The van der Waals surface area contributed by atoms with Crippen molar-refractivity contribution in [2.75, 3.05) is 5.32 Å². The third-order valence-electron chi connectivity index (χ3n) is 5.20. The second-order valence-corrected chi connectivity index (χ2v) is 7.31. The van der Waals surface area contributed by atoms with Crippen LogP contribution in [0.4, 0.5) is 10.5 Å². The predicted octanol–water partition coefficient (Wildman–Crippen LogP) is 3.08. The summed E-state index contributed by atoms with van der Waals surface area (Å²) in [5.41, 5.74) is 3.44. The summed E-state index contributed by atoms with van der Waals surface area (Å²) in [6.07, 6.45) is 1.68. The van der Waals surface area contributed by atoms with Gasteiger partial charge in [-0.3, -0.25) is 14.9 Å². The van der Waals surface area contributed by atoms with Gasteiger partial charge in [0.2, 0.25) is 0 Å². The standard InChI is InChI=1S/C22H18N6O3/c1-11-19(21(30)25-14-3-6-17-13(8-14)10-23-28-17)20(27-22(31)24-11)18-5-2-12-9-15(29)4-7-16(12)26-18/h2-10,20,29H,1H3,(H,23,28)(H,25,30)(H2,24,27,31). The van der Waals surface area contributed by atoms with E-state index in [0.29, 0.717) is 28.2 Å². The van der Waals surface area contributed by atoms with Crippen LogP contribution in [-0.2, 0) is 4.79 Å². The third-order valence-corrected chi connectivity index (χ3v) is 5.20. The fraction of sp³-hybridized carbons (Fsp3) is 0.0909. The Kier molecular flexibility index (Phi) is 4.28. The number of urea groups is 1. The molecule has 0 saturated carbocycles. The highest BCUT2D eigenvalue weighted by Crippen LogP contribution is 2.29. The van der Waals surface area contributed by atoms with E-state index < -0.39 is 12.1 Å². The van der Waals surface area contributed by atoms with Crippen molar-refractivity contribution in [2.24, 2.45) is 0 Å². The smallest absolute Gasteiger partial charge is 0.319 e. The van der Waals surface area contributed by atoms with Crippen LogP contribution in [0.15, 0.2) is 66.0 Å². The molecule has 2 aromatic heterocycles. The first kappa shape index (κ1) is 18.6. The fourth-order valence-corrected chi connectivity index (χ4v) is 3.73. The first-order chi connectivity index (χ1) is 15.0. The van der Waals surface area contributed by atoms with Crippen LogP contribution < -0.4 is 16.0 Å². The zero-order chi connectivity index (χ0) is 21.5. The number of amides is 3. The highest BCUT2D eigenvalue weighted by Gasteiger charge is 2.32. The summed E-state index contributed by atoms with van der Waals surface area (Å²) in [6, 6.07) is 12.6. The van der Waals surface area contributed by atoms with Gasteiger partial charge >= 0.3 is 6.03 Å². The normalized spacial score (nSPS) is 16.3. The van der Waals surface area contributed by atoms with Crippen molar-refractivity contribution in [3.8, 4) is 5.75 Å². The van der Waals surface area contributed by atoms with Gasteiger partial charge in [-0.15, -0.1) is 0 Å². The first-order valence-electron chi connectivity index (χ1n) is 9.60. The molecule has 1 aliphatic heterocycles. The van der Waals surface area contributed by atoms with Gasteiger partial charge in [0.15, 0.2) is 0 Å². The van der Waals surface area contributed by atoms with Crippen molar-refractivity contribution in [1.29, 1.82) is 0 Å². The molecule has 1 aliphatic rings. The maximum atomic E-state index is 13.2. The van der Waals surface area contributed by atoms with E-state index in [9.17, 15) is 14.7 Å². The number of carbonyl (C=O) groups is 2. The van der Waals surface area contributed by atoms with Gasteiger partial charge < -0.3 is 21.1 Å². The van der Waals surface area contributed by atoms with Crippen LogP contribution in [0.3, 0.4) is 0 Å². The second-order valence-electron chi connectivity index (χ2n) is 7.31. The molecule has 31 heavy (non-hydrogen) atoms. The van der Waals surface area contributed by atoms with Crippen molar-refractivity contribution in [3.63, 3.8) is 0 Å². The van der Waals surface area contributed by atoms with Gasteiger partial charge in [-0.05, 0) is 49.4 Å². The van der Waals surface area contributed by atoms with E-state index in [2.05, 4.69) is 31.1 Å². The summed E-state index contributed by atoms with van der Waals surface area (Å²) in [4.78, 5) is 30.0. The maximum absolute atomic E-state index is 13.2. The molecular formula is C22H18N6O3. The fourth-order valence-electron chi connectivity index (χ4n) is 3.73. The largest absolute Gasteiger partial charge is 0.508 e. The lowest BCUT2D eigenvalue weighted by atomic mass is 9.97. The Hall–Kier alpha value is -4.40. The van der Waals surface area contributed by atoms with Crippen molar-refractivity contribution in [1.82, 2.24) is 25.8 Å². The van der Waals surface area contributed by atoms with Crippen LogP contribution in [0.2, 0.25) is 0 Å². The van der Waals surface area contributed by atoms with Gasteiger partial charge in [-0.2, -0.15) is 5.10 Å². The van der Waals surface area contributed by atoms with Crippen LogP contribution in [0.5, 0.6) is 5.75 Å². The highest BCUT2D eigenvalue weighted by molar-refractivity contribution is 6.07. The number of nitrogens with zero attached hydrogens (tertiary/aromatic N) is 2. The van der Waals surface area contributed by atoms with E-state index in [1.54, 1.807) is 49.5 Å². The lowest BCUT2D eigenvalue weighted by molar-refractivity contribution is -0.113. The number of nitrogens with one attached hydrogen (secondary N) is 4. The lowest BCUT2D eigenvalue weighted by Gasteiger charge is -2.28. The number of hydrogen-bond donors (Lipinski definition) is 5. The molecule has 0 saturated heterocycles. The lowest BCUT2D eigenvalue weighted by Crippen LogP contribution is -2.46. The Labute approximate surface area is 176 Å². The molecule has 5 rings (SSSR count). The van der Waals surface area contributed by atoms with Gasteiger partial charge in [-0.25, -0.2) is 4.79 Å². The van der Waals surface area contributed by atoms with E-state index >= 15 is 0 Å². The molecule has 0 aliphatic carbocycles. The number of pyridine rings is 1. The average Bonchev–Trinajstić information content (AvgIpc) is 3.20. The topological polar surface area (TPSA) is 132 Å². The average molecular weight is 414 g/mol. The second kappa shape index (κ2) is 7.13. The number of phenolic OH excluding ortho intramolecular Hbond substituents is 1. The highest BCUT2D eigenvalue weighted by atomic mass is 16.3. The molecule has 154 valence electrons.